The smallest absolute Gasteiger partial charge is 0.136 e. The zero-order chi connectivity index (χ0) is 13.0. The molecule has 0 aliphatic heterocycles. The van der Waals surface area contributed by atoms with Crippen molar-refractivity contribution >= 4 is 5.78 Å². The molecule has 0 heterocycles. The van der Waals surface area contributed by atoms with Crippen molar-refractivity contribution < 1.29 is 4.79 Å². The van der Waals surface area contributed by atoms with E-state index in [0.29, 0.717) is 17.1 Å². The Hall–Kier alpha value is -0.330. The maximum absolute atomic E-state index is 12.2. The van der Waals surface area contributed by atoms with Gasteiger partial charge in [-0.3, -0.25) is 4.79 Å². The molecule has 1 heteroatoms. The minimum absolute atomic E-state index is 0.473. The van der Waals surface area contributed by atoms with E-state index in [-0.39, 0.29) is 0 Å². The Morgan fingerprint density at radius 2 is 1.79 bits per heavy atom. The lowest BCUT2D eigenvalue weighted by molar-refractivity contribution is -0.134. The second-order valence-corrected chi connectivity index (χ2v) is 8.23. The Balaban J connectivity index is 1.60. The Bertz CT molecular complexity index is 387. The van der Waals surface area contributed by atoms with Gasteiger partial charge < -0.3 is 0 Å². The summed E-state index contributed by atoms with van der Waals surface area (Å²) in [6.45, 7) is 2.57. The number of carbonyl (C=O) groups is 1. The van der Waals surface area contributed by atoms with Gasteiger partial charge in [-0.2, -0.15) is 0 Å². The maximum atomic E-state index is 12.2. The van der Waals surface area contributed by atoms with Gasteiger partial charge >= 0.3 is 0 Å². The Labute approximate surface area is 117 Å². The molecule has 6 atom stereocenters. The van der Waals surface area contributed by atoms with Crippen LogP contribution in [-0.4, -0.2) is 5.78 Å². The number of Topliss-reactive ketones (excluding diaryl/α,β-unsaturated/α-hetero) is 1. The number of ketones is 1. The molecular formula is C18H28O. The van der Waals surface area contributed by atoms with E-state index in [0.717, 1.165) is 30.1 Å². The lowest BCUT2D eigenvalue weighted by Gasteiger charge is -2.54. The molecule has 4 fully saturated rings. The zero-order valence-corrected chi connectivity index (χ0v) is 12.4. The fraction of sp³-hybridized carbons (Fsp3) is 0.944. The van der Waals surface area contributed by atoms with Crippen molar-refractivity contribution in [2.24, 2.45) is 35.0 Å². The molecule has 106 valence electrons. The fourth-order valence-electron chi connectivity index (χ4n) is 6.65. The van der Waals surface area contributed by atoms with Crippen LogP contribution >= 0.6 is 0 Å². The molecule has 0 saturated heterocycles. The van der Waals surface area contributed by atoms with E-state index in [2.05, 4.69) is 6.92 Å². The Morgan fingerprint density at radius 3 is 2.68 bits per heavy atom. The number of carbonyl (C=O) groups excluding carboxylic acids is 1. The molecule has 0 spiro atoms. The first-order valence-corrected chi connectivity index (χ1v) is 8.72. The van der Waals surface area contributed by atoms with Crippen LogP contribution in [0.1, 0.15) is 71.1 Å². The van der Waals surface area contributed by atoms with Crippen LogP contribution in [0.25, 0.3) is 0 Å². The highest BCUT2D eigenvalue weighted by Crippen LogP contribution is 2.61. The molecule has 19 heavy (non-hydrogen) atoms. The molecule has 4 aliphatic carbocycles. The number of hydrogen-bond acceptors (Lipinski definition) is 1. The average Bonchev–Trinajstić information content (AvgIpc) is 2.80. The monoisotopic (exact) mass is 260 g/mol. The number of hydrogen-bond donors (Lipinski definition) is 0. The summed E-state index contributed by atoms with van der Waals surface area (Å²) in [6, 6.07) is 0. The second kappa shape index (κ2) is 4.33. The fourth-order valence-corrected chi connectivity index (χ4v) is 6.65. The Kier molecular flexibility index (Phi) is 2.83. The molecule has 4 rings (SSSR count). The van der Waals surface area contributed by atoms with Gasteiger partial charge in [0.25, 0.3) is 0 Å². The lowest BCUT2D eigenvalue weighted by Crippen LogP contribution is -2.48. The molecule has 0 N–H and O–H groups in total. The summed E-state index contributed by atoms with van der Waals surface area (Å²) in [7, 11) is 0. The van der Waals surface area contributed by atoms with Crippen LogP contribution in [0.15, 0.2) is 0 Å². The third-order valence-electron chi connectivity index (χ3n) is 7.53. The van der Waals surface area contributed by atoms with E-state index in [1.165, 1.54) is 57.8 Å². The van der Waals surface area contributed by atoms with Crippen molar-refractivity contribution in [3.8, 4) is 0 Å². The zero-order valence-electron chi connectivity index (χ0n) is 12.4. The first-order valence-electron chi connectivity index (χ1n) is 8.72. The van der Waals surface area contributed by atoms with Gasteiger partial charge in [0, 0.05) is 12.3 Å². The molecular weight excluding hydrogens is 232 g/mol. The first-order chi connectivity index (χ1) is 9.19. The molecule has 0 bridgehead atoms. The van der Waals surface area contributed by atoms with Gasteiger partial charge in [0.15, 0.2) is 0 Å². The highest BCUT2D eigenvalue weighted by Gasteiger charge is 2.54. The topological polar surface area (TPSA) is 17.1 Å². The SMILES string of the molecule is C[C@@]12CCC[C@H]1[C@@H]1CCC3C(=O)CCC[C@@H]3[C@H]1CC2. The minimum Gasteiger partial charge on any atom is -0.299 e. The summed E-state index contributed by atoms with van der Waals surface area (Å²) in [4.78, 5) is 12.2. The van der Waals surface area contributed by atoms with Gasteiger partial charge in [-0.05, 0) is 80.5 Å². The van der Waals surface area contributed by atoms with Crippen LogP contribution in [-0.2, 0) is 4.79 Å². The summed E-state index contributed by atoms with van der Waals surface area (Å²) in [5.74, 6) is 4.78. The van der Waals surface area contributed by atoms with E-state index in [1.54, 1.807) is 0 Å². The predicted molar refractivity (Wildman–Crippen MR) is 76.7 cm³/mol. The summed E-state index contributed by atoms with van der Waals surface area (Å²) < 4.78 is 0. The summed E-state index contributed by atoms with van der Waals surface area (Å²) in [5.41, 5.74) is 0.673. The molecule has 0 aromatic carbocycles. The van der Waals surface area contributed by atoms with E-state index < -0.39 is 0 Å². The third-order valence-corrected chi connectivity index (χ3v) is 7.53. The molecule has 4 saturated carbocycles. The largest absolute Gasteiger partial charge is 0.299 e. The highest BCUT2D eigenvalue weighted by molar-refractivity contribution is 5.82. The molecule has 4 aliphatic rings. The van der Waals surface area contributed by atoms with Crippen molar-refractivity contribution in [2.75, 3.05) is 0 Å². The lowest BCUT2D eigenvalue weighted by atomic mass is 9.50. The third kappa shape index (κ3) is 1.76. The summed E-state index contributed by atoms with van der Waals surface area (Å²) in [5, 5.41) is 0. The van der Waals surface area contributed by atoms with Crippen LogP contribution in [0.2, 0.25) is 0 Å². The van der Waals surface area contributed by atoms with E-state index in [9.17, 15) is 4.79 Å². The minimum atomic E-state index is 0.473. The van der Waals surface area contributed by atoms with Crippen LogP contribution in [0, 0.1) is 35.0 Å². The Morgan fingerprint density at radius 1 is 0.895 bits per heavy atom. The first kappa shape index (κ1) is 12.4. The average molecular weight is 260 g/mol. The maximum Gasteiger partial charge on any atom is 0.136 e. The van der Waals surface area contributed by atoms with Crippen molar-refractivity contribution in [3.05, 3.63) is 0 Å². The second-order valence-electron chi connectivity index (χ2n) is 8.23. The van der Waals surface area contributed by atoms with Crippen LogP contribution in [0.3, 0.4) is 0 Å². The summed E-state index contributed by atoms with van der Waals surface area (Å²) in [6.07, 6.45) is 13.4. The van der Waals surface area contributed by atoms with Gasteiger partial charge in [0.05, 0.1) is 0 Å². The molecule has 0 amide bonds. The highest BCUT2D eigenvalue weighted by atomic mass is 16.1. The molecule has 1 unspecified atom stereocenters. The van der Waals surface area contributed by atoms with Gasteiger partial charge in [-0.15, -0.1) is 0 Å². The van der Waals surface area contributed by atoms with Crippen LogP contribution < -0.4 is 0 Å². The summed E-state index contributed by atoms with van der Waals surface area (Å²) >= 11 is 0. The molecule has 0 radical (unpaired) electrons. The molecule has 0 aromatic heterocycles. The van der Waals surface area contributed by atoms with Crippen molar-refractivity contribution in [2.45, 2.75) is 71.1 Å². The van der Waals surface area contributed by atoms with Crippen LogP contribution in [0.4, 0.5) is 0 Å². The van der Waals surface area contributed by atoms with Gasteiger partial charge in [0.1, 0.15) is 5.78 Å². The van der Waals surface area contributed by atoms with Gasteiger partial charge in [-0.25, -0.2) is 0 Å². The van der Waals surface area contributed by atoms with E-state index in [1.807, 2.05) is 0 Å². The quantitative estimate of drug-likeness (QED) is 0.622. The van der Waals surface area contributed by atoms with Crippen molar-refractivity contribution in [1.29, 1.82) is 0 Å². The molecule has 0 aromatic rings. The number of fused-ring (bicyclic) bond motifs is 5. The van der Waals surface area contributed by atoms with Crippen LogP contribution in [0.5, 0.6) is 0 Å². The van der Waals surface area contributed by atoms with Gasteiger partial charge in [0.2, 0.25) is 0 Å². The van der Waals surface area contributed by atoms with E-state index >= 15 is 0 Å². The normalized spacial score (nSPS) is 53.3. The molecule has 1 nitrogen and oxygen atoms in total. The number of rotatable bonds is 0. The van der Waals surface area contributed by atoms with Crippen molar-refractivity contribution in [1.82, 2.24) is 0 Å². The van der Waals surface area contributed by atoms with Crippen molar-refractivity contribution in [3.63, 3.8) is 0 Å². The van der Waals surface area contributed by atoms with E-state index in [4.69, 9.17) is 0 Å². The standard InChI is InChI=1S/C18H28O/c1-18-10-3-5-16(18)14-7-8-15-12(13(14)9-11-18)4-2-6-17(15)19/h12-16H,2-11H2,1H3/t12-,13-,14-,15?,16+,18+/m1/s1. The van der Waals surface area contributed by atoms with Gasteiger partial charge in [-0.1, -0.05) is 13.3 Å². The predicted octanol–water partition coefficient (Wildman–Crippen LogP) is 4.60.